The van der Waals surface area contributed by atoms with Crippen LogP contribution in [0.3, 0.4) is 0 Å². The number of rotatable bonds is 11. The number of hydrogen-bond donors (Lipinski definition) is 1. The molecule has 6 heteroatoms. The first-order chi connectivity index (χ1) is 17.7. The van der Waals surface area contributed by atoms with E-state index in [1.807, 2.05) is 101 Å². The summed E-state index contributed by atoms with van der Waals surface area (Å²) in [6.07, 6.45) is 1.22. The molecule has 37 heavy (non-hydrogen) atoms. The average Bonchev–Trinajstić information content (AvgIpc) is 2.89. The molecule has 0 saturated carbocycles. The highest BCUT2D eigenvalue weighted by Gasteiger charge is 2.31. The molecule has 3 aromatic rings. The van der Waals surface area contributed by atoms with Crippen molar-refractivity contribution in [3.05, 3.63) is 99.0 Å². The molecular weight excluding hydrogens is 528 g/mol. The molecule has 0 saturated heterocycles. The monoisotopic (exact) mass is 564 g/mol. The summed E-state index contributed by atoms with van der Waals surface area (Å²) < 4.78 is 7.00. The van der Waals surface area contributed by atoms with E-state index in [-0.39, 0.29) is 24.5 Å². The van der Waals surface area contributed by atoms with Gasteiger partial charge in [-0.25, -0.2) is 0 Å². The first kappa shape index (κ1) is 28.5. The fraction of sp³-hybridized carbons (Fsp3) is 0.355. The van der Waals surface area contributed by atoms with Crippen LogP contribution in [0.25, 0.3) is 0 Å². The van der Waals surface area contributed by atoms with Crippen LogP contribution in [0.4, 0.5) is 0 Å². The Morgan fingerprint density at radius 1 is 0.946 bits per heavy atom. The van der Waals surface area contributed by atoms with E-state index in [0.717, 1.165) is 38.7 Å². The van der Waals surface area contributed by atoms with Crippen molar-refractivity contribution in [2.75, 3.05) is 6.61 Å². The molecule has 1 N–H and O–H groups in total. The lowest BCUT2D eigenvalue weighted by Crippen LogP contribution is -2.53. The maximum atomic E-state index is 13.8. The third-order valence-corrected chi connectivity index (χ3v) is 7.90. The van der Waals surface area contributed by atoms with Gasteiger partial charge in [0.2, 0.25) is 5.91 Å². The van der Waals surface area contributed by atoms with Crippen LogP contribution in [0.1, 0.15) is 48.1 Å². The summed E-state index contributed by atoms with van der Waals surface area (Å²) in [5.74, 6) is 0.239. The number of aryl methyl sites for hydroxylation is 3. The number of hydrogen-bond acceptors (Lipinski definition) is 3. The van der Waals surface area contributed by atoms with Crippen molar-refractivity contribution < 1.29 is 14.3 Å². The molecule has 0 aliphatic carbocycles. The molecule has 0 radical (unpaired) electrons. The molecule has 0 spiro atoms. The zero-order chi connectivity index (χ0) is 26.9. The van der Waals surface area contributed by atoms with Crippen LogP contribution in [0, 0.1) is 20.8 Å². The minimum absolute atomic E-state index is 0.00570. The Morgan fingerprint density at radius 2 is 1.57 bits per heavy atom. The van der Waals surface area contributed by atoms with Crippen molar-refractivity contribution in [3.8, 4) is 5.75 Å². The predicted octanol–water partition coefficient (Wildman–Crippen LogP) is 6.31. The number of amides is 2. The number of carbonyl (C=O) groups excluding carboxylic acids is 2. The van der Waals surface area contributed by atoms with Gasteiger partial charge in [-0.05, 0) is 74.1 Å². The van der Waals surface area contributed by atoms with E-state index in [0.29, 0.717) is 18.7 Å². The molecule has 0 aliphatic heterocycles. The van der Waals surface area contributed by atoms with Crippen LogP contribution in [-0.2, 0) is 22.6 Å². The Balaban J connectivity index is 1.94. The molecule has 0 aromatic heterocycles. The van der Waals surface area contributed by atoms with Crippen molar-refractivity contribution in [3.63, 3.8) is 0 Å². The minimum atomic E-state index is -0.680. The van der Waals surface area contributed by atoms with Gasteiger partial charge in [0.1, 0.15) is 11.8 Å². The standard InChI is InChI=1S/C31H37BrN2O3/c1-6-24(5)33-31(36)28(18-25-13-8-7-9-14-25)34(19-26-15-11-10-12-21(26)2)29(35)20-37-27-16-22(3)30(32)23(4)17-27/h7-17,24,28H,6,18-20H2,1-5H3,(H,33,36)/t24-,28-/m0/s1. The third-order valence-electron chi connectivity index (χ3n) is 6.65. The Kier molecular flexibility index (Phi) is 10.3. The molecule has 0 bridgehead atoms. The van der Waals surface area contributed by atoms with Gasteiger partial charge in [-0.2, -0.15) is 0 Å². The minimum Gasteiger partial charge on any atom is -0.484 e. The number of nitrogens with one attached hydrogen (secondary N) is 1. The maximum Gasteiger partial charge on any atom is 0.261 e. The molecule has 0 aliphatic rings. The van der Waals surface area contributed by atoms with Gasteiger partial charge in [0.05, 0.1) is 0 Å². The normalized spacial score (nSPS) is 12.5. The van der Waals surface area contributed by atoms with Crippen molar-refractivity contribution in [2.45, 2.75) is 66.1 Å². The predicted molar refractivity (Wildman–Crippen MR) is 153 cm³/mol. The van der Waals surface area contributed by atoms with Crippen molar-refractivity contribution in [1.82, 2.24) is 10.2 Å². The Labute approximate surface area is 229 Å². The molecule has 2 atom stereocenters. The third kappa shape index (κ3) is 7.93. The first-order valence-corrected chi connectivity index (χ1v) is 13.6. The smallest absolute Gasteiger partial charge is 0.261 e. The lowest BCUT2D eigenvalue weighted by atomic mass is 10.0. The Bertz CT molecular complexity index is 1190. The van der Waals surface area contributed by atoms with Gasteiger partial charge >= 0.3 is 0 Å². The second-order valence-electron chi connectivity index (χ2n) is 9.63. The maximum absolute atomic E-state index is 13.8. The van der Waals surface area contributed by atoms with E-state index >= 15 is 0 Å². The highest BCUT2D eigenvalue weighted by atomic mass is 79.9. The molecule has 196 valence electrons. The number of benzene rings is 3. The van der Waals surface area contributed by atoms with E-state index in [2.05, 4.69) is 21.2 Å². The lowest BCUT2D eigenvalue weighted by molar-refractivity contribution is -0.143. The summed E-state index contributed by atoms with van der Waals surface area (Å²) in [6, 6.07) is 20.9. The van der Waals surface area contributed by atoms with Gasteiger partial charge in [-0.3, -0.25) is 9.59 Å². The molecule has 2 amide bonds. The summed E-state index contributed by atoms with van der Waals surface area (Å²) in [5.41, 5.74) is 5.14. The van der Waals surface area contributed by atoms with Gasteiger partial charge in [-0.15, -0.1) is 0 Å². The second kappa shape index (κ2) is 13.4. The zero-order valence-corrected chi connectivity index (χ0v) is 24.0. The molecule has 0 heterocycles. The van der Waals surface area contributed by atoms with Gasteiger partial charge in [-0.1, -0.05) is 77.5 Å². The van der Waals surface area contributed by atoms with Crippen molar-refractivity contribution >= 4 is 27.7 Å². The Morgan fingerprint density at radius 3 is 2.19 bits per heavy atom. The van der Waals surface area contributed by atoms with Crippen LogP contribution < -0.4 is 10.1 Å². The number of halogens is 1. The zero-order valence-electron chi connectivity index (χ0n) is 22.4. The van der Waals surface area contributed by atoms with E-state index in [4.69, 9.17) is 4.74 Å². The van der Waals surface area contributed by atoms with E-state index in [1.54, 1.807) is 4.90 Å². The number of ether oxygens (including phenoxy) is 1. The van der Waals surface area contributed by atoms with Crippen LogP contribution >= 0.6 is 15.9 Å². The summed E-state index contributed by atoms with van der Waals surface area (Å²) in [5, 5.41) is 3.10. The quantitative estimate of drug-likeness (QED) is 0.297. The summed E-state index contributed by atoms with van der Waals surface area (Å²) in [4.78, 5) is 29.0. The van der Waals surface area contributed by atoms with Gasteiger partial charge < -0.3 is 15.0 Å². The van der Waals surface area contributed by atoms with Crippen molar-refractivity contribution in [1.29, 1.82) is 0 Å². The summed E-state index contributed by atoms with van der Waals surface area (Å²) in [7, 11) is 0. The van der Waals surface area contributed by atoms with Crippen LogP contribution in [0.5, 0.6) is 5.75 Å². The summed E-state index contributed by atoms with van der Waals surface area (Å²) in [6.45, 7) is 10.2. The number of nitrogens with zero attached hydrogens (tertiary/aromatic N) is 1. The van der Waals surface area contributed by atoms with Crippen LogP contribution in [0.15, 0.2) is 71.2 Å². The second-order valence-corrected chi connectivity index (χ2v) is 10.4. The number of carbonyl (C=O) groups is 2. The van der Waals surface area contributed by atoms with E-state index < -0.39 is 6.04 Å². The summed E-state index contributed by atoms with van der Waals surface area (Å²) >= 11 is 3.58. The van der Waals surface area contributed by atoms with Crippen LogP contribution in [-0.4, -0.2) is 35.4 Å². The largest absolute Gasteiger partial charge is 0.484 e. The fourth-order valence-corrected chi connectivity index (χ4v) is 4.41. The molecule has 0 unspecified atom stereocenters. The highest BCUT2D eigenvalue weighted by molar-refractivity contribution is 9.10. The topological polar surface area (TPSA) is 58.6 Å². The molecule has 3 rings (SSSR count). The lowest BCUT2D eigenvalue weighted by Gasteiger charge is -2.32. The Hall–Kier alpha value is -3.12. The van der Waals surface area contributed by atoms with Crippen LogP contribution in [0.2, 0.25) is 0 Å². The SMILES string of the molecule is CC[C@H](C)NC(=O)[C@H](Cc1ccccc1)N(Cc1ccccc1C)C(=O)COc1cc(C)c(Br)c(C)c1. The van der Waals surface area contributed by atoms with Gasteiger partial charge in [0.25, 0.3) is 5.91 Å². The fourth-order valence-electron chi connectivity index (χ4n) is 4.18. The van der Waals surface area contributed by atoms with E-state index in [9.17, 15) is 9.59 Å². The van der Waals surface area contributed by atoms with E-state index in [1.165, 1.54) is 0 Å². The molecule has 5 nitrogen and oxygen atoms in total. The van der Waals surface area contributed by atoms with Crippen molar-refractivity contribution in [2.24, 2.45) is 0 Å². The van der Waals surface area contributed by atoms with Gasteiger partial charge in [0.15, 0.2) is 6.61 Å². The molecule has 3 aromatic carbocycles. The molecule has 0 fully saturated rings. The average molecular weight is 566 g/mol. The van der Waals surface area contributed by atoms with Gasteiger partial charge in [0, 0.05) is 23.5 Å². The first-order valence-electron chi connectivity index (χ1n) is 12.8. The molecular formula is C31H37BrN2O3. The highest BCUT2D eigenvalue weighted by Crippen LogP contribution is 2.26.